The van der Waals surface area contributed by atoms with Crippen LogP contribution < -0.4 is 10.6 Å². The molecule has 1 aromatic heterocycles. The largest absolute Gasteiger partial charge is 0.459 e. The Labute approximate surface area is 146 Å². The molecule has 1 amide bonds. The van der Waals surface area contributed by atoms with E-state index >= 15 is 0 Å². The maximum Gasteiger partial charge on any atom is 0.430 e. The van der Waals surface area contributed by atoms with Crippen LogP contribution in [-0.2, 0) is 14.3 Å². The van der Waals surface area contributed by atoms with E-state index < -0.39 is 35.4 Å². The number of ether oxygens (including phenoxy) is 2. The van der Waals surface area contributed by atoms with Crippen molar-refractivity contribution in [1.82, 2.24) is 4.68 Å². The van der Waals surface area contributed by atoms with E-state index in [4.69, 9.17) is 9.47 Å². The van der Waals surface area contributed by atoms with Gasteiger partial charge in [0.25, 0.3) is 5.56 Å². The number of aromatic nitrogens is 1. The lowest BCUT2D eigenvalue weighted by molar-refractivity contribution is -0.153. The van der Waals surface area contributed by atoms with E-state index in [1.807, 2.05) is 0 Å². The van der Waals surface area contributed by atoms with E-state index in [0.717, 1.165) is 9.69 Å². The van der Waals surface area contributed by atoms with Crippen LogP contribution in [0.25, 0.3) is 0 Å². The summed E-state index contributed by atoms with van der Waals surface area (Å²) in [7, 11) is 0. The third-order valence-corrected chi connectivity index (χ3v) is 2.73. The summed E-state index contributed by atoms with van der Waals surface area (Å²) in [6, 6.07) is 2.76. The van der Waals surface area contributed by atoms with Gasteiger partial charge in [0.1, 0.15) is 17.7 Å². The minimum atomic E-state index is -0.831. The van der Waals surface area contributed by atoms with E-state index in [9.17, 15) is 14.4 Å². The molecule has 0 unspecified atom stereocenters. The molecule has 0 aliphatic rings. The maximum atomic E-state index is 12.4. The molecule has 0 fully saturated rings. The number of carbonyl (C=O) groups excluding carboxylic acids is 2. The Bertz CT molecular complexity index is 670. The highest BCUT2D eigenvalue weighted by Gasteiger charge is 2.28. The molecule has 0 saturated carbocycles. The van der Waals surface area contributed by atoms with E-state index in [0.29, 0.717) is 4.90 Å². The van der Waals surface area contributed by atoms with Crippen molar-refractivity contribution >= 4 is 24.7 Å². The molecule has 0 atom stereocenters. The maximum absolute atomic E-state index is 12.4. The number of hydrogen-bond acceptors (Lipinski definition) is 6. The summed E-state index contributed by atoms with van der Waals surface area (Å²) in [5.41, 5.74) is -2.01. The Kier molecular flexibility index (Phi) is 6.10. The number of pyridine rings is 1. The van der Waals surface area contributed by atoms with Gasteiger partial charge in [-0.05, 0) is 47.6 Å². The number of thiol groups is 1. The van der Waals surface area contributed by atoms with Gasteiger partial charge in [0, 0.05) is 17.2 Å². The van der Waals surface area contributed by atoms with E-state index in [2.05, 4.69) is 12.6 Å². The summed E-state index contributed by atoms with van der Waals surface area (Å²) in [5.74, 6) is -0.657. The van der Waals surface area contributed by atoms with Gasteiger partial charge in [-0.15, -0.1) is 12.6 Å². The van der Waals surface area contributed by atoms with Gasteiger partial charge in [0.05, 0.1) is 0 Å². The second-order valence-corrected chi connectivity index (χ2v) is 7.71. The van der Waals surface area contributed by atoms with Crippen molar-refractivity contribution in [1.29, 1.82) is 0 Å². The normalized spacial score (nSPS) is 11.8. The molecular formula is C16H24N2O5S. The topological polar surface area (TPSA) is 77.8 Å². The average molecular weight is 356 g/mol. The first-order chi connectivity index (χ1) is 10.8. The average Bonchev–Trinajstić information content (AvgIpc) is 2.32. The SMILES string of the molecule is CC(C)(C)OC(=O)CN(C(=O)OC(C)(C)C)n1ccc(S)cc1=O. The highest BCUT2D eigenvalue weighted by molar-refractivity contribution is 7.80. The molecule has 134 valence electrons. The fourth-order valence-corrected chi connectivity index (χ4v) is 1.88. The molecule has 8 heteroatoms. The van der Waals surface area contributed by atoms with E-state index in [-0.39, 0.29) is 0 Å². The lowest BCUT2D eigenvalue weighted by atomic mass is 10.2. The summed E-state index contributed by atoms with van der Waals surface area (Å²) < 4.78 is 11.5. The van der Waals surface area contributed by atoms with Crippen LogP contribution in [0.3, 0.4) is 0 Å². The standard InChI is InChI=1S/C16H24N2O5S/c1-15(2,3)22-13(20)10-18(14(21)23-16(4,5)6)17-8-7-11(24)9-12(17)19/h7-9,24H,10H2,1-6H3. The molecule has 24 heavy (non-hydrogen) atoms. The summed E-state index contributed by atoms with van der Waals surface area (Å²) >= 11 is 4.08. The molecule has 0 aromatic carbocycles. The zero-order valence-corrected chi connectivity index (χ0v) is 15.7. The lowest BCUT2D eigenvalue weighted by Crippen LogP contribution is -2.51. The first-order valence-electron chi connectivity index (χ1n) is 7.43. The van der Waals surface area contributed by atoms with Crippen LogP contribution >= 0.6 is 12.6 Å². The Balaban J connectivity index is 3.14. The van der Waals surface area contributed by atoms with Gasteiger partial charge in [-0.25, -0.2) is 14.5 Å². The molecular weight excluding hydrogens is 332 g/mol. The number of carbonyl (C=O) groups is 2. The summed E-state index contributed by atoms with van der Waals surface area (Å²) in [5, 5.41) is 0.898. The van der Waals surface area contributed by atoms with Crippen LogP contribution in [0.1, 0.15) is 41.5 Å². The molecule has 1 heterocycles. The van der Waals surface area contributed by atoms with Crippen LogP contribution in [0.4, 0.5) is 4.79 Å². The Hall–Kier alpha value is -1.96. The van der Waals surface area contributed by atoms with Gasteiger partial charge in [-0.1, -0.05) is 0 Å². The Morgan fingerprint density at radius 1 is 1.12 bits per heavy atom. The molecule has 1 aromatic rings. The van der Waals surface area contributed by atoms with E-state index in [1.54, 1.807) is 41.5 Å². The lowest BCUT2D eigenvalue weighted by Gasteiger charge is -2.28. The van der Waals surface area contributed by atoms with Crippen molar-refractivity contribution in [3.8, 4) is 0 Å². The van der Waals surface area contributed by atoms with Crippen LogP contribution in [-0.4, -0.2) is 34.5 Å². The predicted octanol–water partition coefficient (Wildman–Crippen LogP) is 2.35. The molecule has 0 radical (unpaired) electrons. The number of rotatable bonds is 3. The Morgan fingerprint density at radius 2 is 1.67 bits per heavy atom. The molecule has 0 spiro atoms. The van der Waals surface area contributed by atoms with Gasteiger partial charge in [0.2, 0.25) is 0 Å². The van der Waals surface area contributed by atoms with E-state index in [1.165, 1.54) is 18.3 Å². The van der Waals surface area contributed by atoms with Crippen molar-refractivity contribution < 1.29 is 19.1 Å². The number of amides is 1. The molecule has 0 aliphatic heterocycles. The van der Waals surface area contributed by atoms with Gasteiger partial charge in [0.15, 0.2) is 0 Å². The summed E-state index contributed by atoms with van der Waals surface area (Å²) in [4.78, 5) is 37.1. The fraction of sp³-hybridized carbons (Fsp3) is 0.562. The first-order valence-corrected chi connectivity index (χ1v) is 7.87. The number of nitrogens with zero attached hydrogens (tertiary/aromatic N) is 2. The molecule has 0 N–H and O–H groups in total. The second-order valence-electron chi connectivity index (χ2n) is 7.19. The molecule has 0 aliphatic carbocycles. The van der Waals surface area contributed by atoms with Crippen LogP contribution in [0.5, 0.6) is 0 Å². The predicted molar refractivity (Wildman–Crippen MR) is 93.1 cm³/mol. The van der Waals surface area contributed by atoms with Crippen molar-refractivity contribution in [2.24, 2.45) is 0 Å². The summed E-state index contributed by atoms with van der Waals surface area (Å²) in [6.07, 6.45) is 0.515. The second kappa shape index (κ2) is 7.29. The third-order valence-electron chi connectivity index (χ3n) is 2.45. The van der Waals surface area contributed by atoms with Gasteiger partial charge in [-0.2, -0.15) is 0 Å². The zero-order valence-electron chi connectivity index (χ0n) is 14.8. The van der Waals surface area contributed by atoms with Gasteiger partial charge in [-0.3, -0.25) is 9.59 Å². The minimum absolute atomic E-state index is 0.442. The van der Waals surface area contributed by atoms with Crippen LogP contribution in [0.15, 0.2) is 28.0 Å². The number of hydrogen-bond donors (Lipinski definition) is 1. The van der Waals surface area contributed by atoms with Crippen molar-refractivity contribution in [3.05, 3.63) is 28.7 Å². The fourth-order valence-electron chi connectivity index (χ4n) is 1.70. The van der Waals surface area contributed by atoms with Crippen LogP contribution in [0, 0.1) is 0 Å². The Morgan fingerprint density at radius 3 is 2.12 bits per heavy atom. The molecule has 0 saturated heterocycles. The van der Waals surface area contributed by atoms with Gasteiger partial charge < -0.3 is 9.47 Å². The van der Waals surface area contributed by atoms with Crippen molar-refractivity contribution in [2.45, 2.75) is 57.6 Å². The quantitative estimate of drug-likeness (QED) is 0.664. The van der Waals surface area contributed by atoms with Crippen molar-refractivity contribution in [2.75, 3.05) is 11.6 Å². The highest BCUT2D eigenvalue weighted by atomic mass is 32.1. The third kappa shape index (κ3) is 6.66. The van der Waals surface area contributed by atoms with Crippen LogP contribution in [0.2, 0.25) is 0 Å². The zero-order chi connectivity index (χ0) is 18.7. The molecule has 1 rings (SSSR count). The first kappa shape index (κ1) is 20.1. The highest BCUT2D eigenvalue weighted by Crippen LogP contribution is 2.11. The number of esters is 1. The minimum Gasteiger partial charge on any atom is -0.459 e. The monoisotopic (exact) mass is 356 g/mol. The summed E-state index contributed by atoms with van der Waals surface area (Å²) in [6.45, 7) is 9.75. The smallest absolute Gasteiger partial charge is 0.430 e. The molecule has 7 nitrogen and oxygen atoms in total. The molecule has 0 bridgehead atoms. The van der Waals surface area contributed by atoms with Crippen molar-refractivity contribution in [3.63, 3.8) is 0 Å². The van der Waals surface area contributed by atoms with Gasteiger partial charge >= 0.3 is 12.1 Å².